The molecule has 2 N–H and O–H groups in total. The zero-order valence-corrected chi connectivity index (χ0v) is 12.4. The van der Waals surface area contributed by atoms with Gasteiger partial charge in [0.05, 0.1) is 6.10 Å². The van der Waals surface area contributed by atoms with Gasteiger partial charge in [0.1, 0.15) is 5.82 Å². The van der Waals surface area contributed by atoms with Gasteiger partial charge in [-0.1, -0.05) is 50.3 Å². The topological polar surface area (TPSA) is 49.3 Å². The van der Waals surface area contributed by atoms with Gasteiger partial charge < -0.3 is 10.4 Å². The Bertz CT molecular complexity index is 458. The summed E-state index contributed by atoms with van der Waals surface area (Å²) in [4.78, 5) is 11.8. The molecule has 4 heteroatoms. The highest BCUT2D eigenvalue weighted by molar-refractivity contribution is 5.75. The van der Waals surface area contributed by atoms with E-state index in [-0.39, 0.29) is 18.0 Å². The van der Waals surface area contributed by atoms with Gasteiger partial charge in [0.15, 0.2) is 0 Å². The summed E-state index contributed by atoms with van der Waals surface area (Å²) >= 11 is 0. The quantitative estimate of drug-likeness (QED) is 0.845. The average Bonchev–Trinajstić information content (AvgIpc) is 2.52. The van der Waals surface area contributed by atoms with Crippen molar-refractivity contribution in [3.63, 3.8) is 0 Å². The summed E-state index contributed by atoms with van der Waals surface area (Å²) in [7, 11) is 0. The van der Waals surface area contributed by atoms with Crippen molar-refractivity contribution < 1.29 is 14.3 Å². The Balaban J connectivity index is 1.69. The summed E-state index contributed by atoms with van der Waals surface area (Å²) in [6.07, 6.45) is 6.74. The molecular weight excluding hydrogens is 269 g/mol. The maximum Gasteiger partial charge on any atom is 0.220 e. The van der Waals surface area contributed by atoms with E-state index in [0.717, 1.165) is 6.42 Å². The van der Waals surface area contributed by atoms with E-state index in [1.54, 1.807) is 12.1 Å². The van der Waals surface area contributed by atoms with Gasteiger partial charge in [-0.2, -0.15) is 0 Å². The number of carbonyl (C=O) groups excluding carboxylic acids is 1. The Kier molecular flexibility index (Phi) is 6.18. The monoisotopic (exact) mass is 293 g/mol. The Hall–Kier alpha value is -1.42. The van der Waals surface area contributed by atoms with Crippen molar-refractivity contribution >= 4 is 5.91 Å². The third-order valence-electron chi connectivity index (χ3n) is 4.26. The number of aliphatic hydroxyl groups is 1. The molecule has 1 aliphatic carbocycles. The smallest absolute Gasteiger partial charge is 0.220 e. The molecule has 0 aromatic heterocycles. The maximum atomic E-state index is 13.5. The van der Waals surface area contributed by atoms with Crippen molar-refractivity contribution in [2.75, 3.05) is 6.54 Å². The minimum atomic E-state index is -0.996. The lowest BCUT2D eigenvalue weighted by Crippen LogP contribution is -2.29. The van der Waals surface area contributed by atoms with Crippen molar-refractivity contribution in [2.24, 2.45) is 5.92 Å². The van der Waals surface area contributed by atoms with Crippen LogP contribution in [0, 0.1) is 11.7 Å². The van der Waals surface area contributed by atoms with E-state index in [2.05, 4.69) is 5.32 Å². The number of halogens is 1. The van der Waals surface area contributed by atoms with Gasteiger partial charge in [-0.15, -0.1) is 0 Å². The fraction of sp³-hybridized carbons (Fsp3) is 0.588. The molecule has 1 aromatic carbocycles. The molecule has 0 aliphatic heterocycles. The molecular formula is C17H24FNO2. The number of carbonyl (C=O) groups is 1. The van der Waals surface area contributed by atoms with Gasteiger partial charge in [-0.25, -0.2) is 4.39 Å². The van der Waals surface area contributed by atoms with Crippen LogP contribution in [0.1, 0.15) is 56.6 Å². The highest BCUT2D eigenvalue weighted by atomic mass is 19.1. The first-order valence-electron chi connectivity index (χ1n) is 7.86. The molecule has 1 saturated carbocycles. The molecule has 0 spiro atoms. The lowest BCUT2D eigenvalue weighted by molar-refractivity contribution is -0.121. The Morgan fingerprint density at radius 1 is 1.29 bits per heavy atom. The Morgan fingerprint density at radius 3 is 2.71 bits per heavy atom. The van der Waals surface area contributed by atoms with Gasteiger partial charge in [0.2, 0.25) is 5.91 Å². The Labute approximate surface area is 125 Å². The molecule has 1 aromatic rings. The second kappa shape index (κ2) is 8.13. The predicted octanol–water partition coefficient (Wildman–Crippen LogP) is 3.34. The van der Waals surface area contributed by atoms with Gasteiger partial charge in [-0.3, -0.25) is 4.79 Å². The van der Waals surface area contributed by atoms with Crippen LogP contribution >= 0.6 is 0 Å². The predicted molar refractivity (Wildman–Crippen MR) is 80.2 cm³/mol. The third-order valence-corrected chi connectivity index (χ3v) is 4.26. The number of hydrogen-bond donors (Lipinski definition) is 2. The van der Waals surface area contributed by atoms with Crippen LogP contribution in [0.15, 0.2) is 24.3 Å². The summed E-state index contributed by atoms with van der Waals surface area (Å²) in [5.74, 6) is 0.165. The van der Waals surface area contributed by atoms with Crippen molar-refractivity contribution in [2.45, 2.75) is 51.0 Å². The van der Waals surface area contributed by atoms with E-state index in [0.29, 0.717) is 12.3 Å². The number of hydrogen-bond acceptors (Lipinski definition) is 2. The summed E-state index contributed by atoms with van der Waals surface area (Å²) in [5, 5.41) is 12.6. The third kappa shape index (κ3) is 5.12. The van der Waals surface area contributed by atoms with Crippen molar-refractivity contribution in [1.82, 2.24) is 5.32 Å². The fourth-order valence-corrected chi connectivity index (χ4v) is 2.97. The first-order valence-corrected chi connectivity index (χ1v) is 7.86. The summed E-state index contributed by atoms with van der Waals surface area (Å²) in [6.45, 7) is 0.0600. The molecule has 0 saturated heterocycles. The molecule has 0 heterocycles. The van der Waals surface area contributed by atoms with Crippen LogP contribution in [0.5, 0.6) is 0 Å². The van der Waals surface area contributed by atoms with E-state index < -0.39 is 11.9 Å². The molecule has 1 aliphatic rings. The highest BCUT2D eigenvalue weighted by Gasteiger charge is 2.16. The molecule has 21 heavy (non-hydrogen) atoms. The normalized spacial score (nSPS) is 17.4. The lowest BCUT2D eigenvalue weighted by Gasteiger charge is -2.21. The zero-order chi connectivity index (χ0) is 15.1. The van der Waals surface area contributed by atoms with E-state index in [1.165, 1.54) is 44.2 Å². The maximum absolute atomic E-state index is 13.5. The van der Waals surface area contributed by atoms with Crippen LogP contribution in [0.25, 0.3) is 0 Å². The minimum absolute atomic E-state index is 0.0593. The van der Waals surface area contributed by atoms with Crippen molar-refractivity contribution in [3.8, 4) is 0 Å². The SMILES string of the molecule is O=C(CCC1CCCCC1)NCC(O)c1ccccc1F. The van der Waals surface area contributed by atoms with Crippen molar-refractivity contribution in [1.29, 1.82) is 0 Å². The first-order chi connectivity index (χ1) is 10.2. The van der Waals surface area contributed by atoms with E-state index >= 15 is 0 Å². The highest BCUT2D eigenvalue weighted by Crippen LogP contribution is 2.27. The van der Waals surface area contributed by atoms with Gasteiger partial charge in [0.25, 0.3) is 0 Å². The molecule has 1 amide bonds. The molecule has 1 fully saturated rings. The van der Waals surface area contributed by atoms with Crippen molar-refractivity contribution in [3.05, 3.63) is 35.6 Å². The first kappa shape index (κ1) is 16.0. The molecule has 116 valence electrons. The largest absolute Gasteiger partial charge is 0.386 e. The van der Waals surface area contributed by atoms with Gasteiger partial charge in [-0.05, 0) is 18.4 Å². The van der Waals surface area contributed by atoms with E-state index in [1.807, 2.05) is 0 Å². The van der Waals surface area contributed by atoms with E-state index in [4.69, 9.17) is 0 Å². The fourth-order valence-electron chi connectivity index (χ4n) is 2.97. The second-order valence-corrected chi connectivity index (χ2v) is 5.88. The molecule has 1 unspecified atom stereocenters. The van der Waals surface area contributed by atoms with Gasteiger partial charge >= 0.3 is 0 Å². The second-order valence-electron chi connectivity index (χ2n) is 5.88. The lowest BCUT2D eigenvalue weighted by atomic mass is 9.86. The van der Waals surface area contributed by atoms with Crippen LogP contribution in [-0.2, 0) is 4.79 Å². The van der Waals surface area contributed by atoms with Gasteiger partial charge in [0, 0.05) is 18.5 Å². The Morgan fingerprint density at radius 2 is 2.00 bits per heavy atom. The standard InChI is InChI=1S/C17H24FNO2/c18-15-9-5-4-8-14(15)16(20)12-19-17(21)11-10-13-6-2-1-3-7-13/h4-5,8-9,13,16,20H,1-3,6-7,10-12H2,(H,19,21). The molecule has 0 radical (unpaired) electrons. The molecule has 3 nitrogen and oxygen atoms in total. The summed E-state index contributed by atoms with van der Waals surface area (Å²) in [5.41, 5.74) is 0.227. The molecule has 1 atom stereocenters. The zero-order valence-electron chi connectivity index (χ0n) is 12.4. The number of aliphatic hydroxyl groups excluding tert-OH is 1. The van der Waals surface area contributed by atoms with Crippen LogP contribution in [0.3, 0.4) is 0 Å². The molecule has 2 rings (SSSR count). The van der Waals surface area contributed by atoms with Crippen LogP contribution in [-0.4, -0.2) is 17.6 Å². The number of nitrogens with one attached hydrogen (secondary N) is 1. The minimum Gasteiger partial charge on any atom is -0.386 e. The van der Waals surface area contributed by atoms with Crippen LogP contribution in [0.4, 0.5) is 4.39 Å². The average molecular weight is 293 g/mol. The number of benzene rings is 1. The number of rotatable bonds is 6. The molecule has 0 bridgehead atoms. The number of amides is 1. The van der Waals surface area contributed by atoms with Crippen LogP contribution < -0.4 is 5.32 Å². The van der Waals surface area contributed by atoms with Crippen LogP contribution in [0.2, 0.25) is 0 Å². The summed E-state index contributed by atoms with van der Waals surface area (Å²) in [6, 6.07) is 6.10. The summed E-state index contributed by atoms with van der Waals surface area (Å²) < 4.78 is 13.5. The van der Waals surface area contributed by atoms with E-state index in [9.17, 15) is 14.3 Å².